The van der Waals surface area contributed by atoms with Crippen LogP contribution in [-0.2, 0) is 0 Å². The molecule has 108 valence electrons. The summed E-state index contributed by atoms with van der Waals surface area (Å²) in [7, 11) is 2.23. The van der Waals surface area contributed by atoms with Crippen molar-refractivity contribution >= 4 is 0 Å². The van der Waals surface area contributed by atoms with Gasteiger partial charge in [-0.1, -0.05) is 27.4 Å². The summed E-state index contributed by atoms with van der Waals surface area (Å²) < 4.78 is 0. The zero-order valence-corrected chi connectivity index (χ0v) is 13.5. The molecule has 0 bridgehead atoms. The van der Waals surface area contributed by atoms with Gasteiger partial charge < -0.3 is 10.2 Å². The largest absolute Gasteiger partial charge is 0.387 e. The summed E-state index contributed by atoms with van der Waals surface area (Å²) in [6, 6.07) is 0.506. The molecule has 0 aromatic carbocycles. The second-order valence-electron chi connectivity index (χ2n) is 6.97. The molecule has 0 spiro atoms. The number of rotatable bonds is 9. The number of nitrogens with zero attached hydrogens (tertiary/aromatic N) is 1. The minimum atomic E-state index is 0.448. The van der Waals surface area contributed by atoms with Crippen LogP contribution >= 0.6 is 0 Å². The number of allylic oxidation sites excluding steroid dienone is 1. The van der Waals surface area contributed by atoms with E-state index in [0.717, 1.165) is 6.42 Å². The Balaban J connectivity index is 3.51. The van der Waals surface area contributed by atoms with Crippen LogP contribution in [0.3, 0.4) is 0 Å². The third-order valence-corrected chi connectivity index (χ3v) is 3.00. The molecule has 1 N–H and O–H groups in total. The lowest BCUT2D eigenvalue weighted by Crippen LogP contribution is -2.25. The molecule has 0 amide bonds. The highest BCUT2D eigenvalue weighted by molar-refractivity contribution is 4.91. The van der Waals surface area contributed by atoms with Gasteiger partial charge in [0.15, 0.2) is 0 Å². The fourth-order valence-corrected chi connectivity index (χ4v) is 1.84. The van der Waals surface area contributed by atoms with Crippen LogP contribution in [0.5, 0.6) is 0 Å². The van der Waals surface area contributed by atoms with Crippen LogP contribution in [0.1, 0.15) is 60.3 Å². The van der Waals surface area contributed by atoms with Crippen molar-refractivity contribution in [3.63, 3.8) is 0 Å². The van der Waals surface area contributed by atoms with Crippen molar-refractivity contribution in [2.24, 2.45) is 5.41 Å². The summed E-state index contributed by atoms with van der Waals surface area (Å²) in [4.78, 5) is 2.45. The van der Waals surface area contributed by atoms with E-state index in [4.69, 9.17) is 0 Å². The first kappa shape index (κ1) is 17.5. The van der Waals surface area contributed by atoms with E-state index in [0.29, 0.717) is 11.5 Å². The normalized spacial score (nSPS) is 12.2. The van der Waals surface area contributed by atoms with E-state index in [9.17, 15) is 0 Å². The van der Waals surface area contributed by atoms with Crippen molar-refractivity contribution in [3.05, 3.63) is 12.3 Å². The van der Waals surface area contributed by atoms with Gasteiger partial charge in [-0.3, -0.25) is 0 Å². The van der Waals surface area contributed by atoms with Crippen LogP contribution in [0.4, 0.5) is 0 Å². The lowest BCUT2D eigenvalue weighted by molar-refractivity contribution is 0.260. The van der Waals surface area contributed by atoms with Gasteiger partial charge in [-0.05, 0) is 65.1 Å². The van der Waals surface area contributed by atoms with E-state index < -0.39 is 0 Å². The standard InChI is InChI=1S/C16H34N2/c1-14(2)17-15(3)10-8-9-12-18(7)13-11-16(4,5)6/h14,17H,3,8-13H2,1-2,4-7H3. The molecule has 0 saturated carbocycles. The summed E-state index contributed by atoms with van der Waals surface area (Å²) in [5.41, 5.74) is 1.63. The van der Waals surface area contributed by atoms with E-state index >= 15 is 0 Å². The van der Waals surface area contributed by atoms with Crippen molar-refractivity contribution in [2.75, 3.05) is 20.1 Å². The molecule has 0 aromatic rings. The SMILES string of the molecule is C=C(CCCCN(C)CCC(C)(C)C)NC(C)C. The Labute approximate surface area is 115 Å². The average molecular weight is 254 g/mol. The first-order valence-electron chi connectivity index (χ1n) is 7.33. The van der Waals surface area contributed by atoms with E-state index in [-0.39, 0.29) is 0 Å². The second-order valence-corrected chi connectivity index (χ2v) is 6.97. The van der Waals surface area contributed by atoms with Gasteiger partial charge in [0.05, 0.1) is 0 Å². The minimum Gasteiger partial charge on any atom is -0.387 e. The molecule has 0 heterocycles. The molecule has 0 radical (unpaired) electrons. The van der Waals surface area contributed by atoms with Crippen molar-refractivity contribution in [1.82, 2.24) is 10.2 Å². The highest BCUT2D eigenvalue weighted by Crippen LogP contribution is 2.18. The molecule has 2 nitrogen and oxygen atoms in total. The third-order valence-electron chi connectivity index (χ3n) is 3.00. The predicted molar refractivity (Wildman–Crippen MR) is 82.8 cm³/mol. The summed E-state index contributed by atoms with van der Waals surface area (Å²) in [6.07, 6.45) is 4.87. The van der Waals surface area contributed by atoms with Gasteiger partial charge in [-0.2, -0.15) is 0 Å². The quantitative estimate of drug-likeness (QED) is 0.625. The Morgan fingerprint density at radius 2 is 1.78 bits per heavy atom. The Morgan fingerprint density at radius 3 is 2.28 bits per heavy atom. The lowest BCUT2D eigenvalue weighted by atomic mass is 9.92. The molecular formula is C16H34N2. The zero-order valence-electron chi connectivity index (χ0n) is 13.5. The molecule has 0 aliphatic carbocycles. The topological polar surface area (TPSA) is 15.3 Å². The molecule has 18 heavy (non-hydrogen) atoms. The minimum absolute atomic E-state index is 0.448. The van der Waals surface area contributed by atoms with Gasteiger partial charge in [-0.15, -0.1) is 0 Å². The summed E-state index contributed by atoms with van der Waals surface area (Å²) in [5, 5.41) is 3.37. The molecule has 0 atom stereocenters. The smallest absolute Gasteiger partial charge is 0.0201 e. The van der Waals surface area contributed by atoms with Gasteiger partial charge in [0.2, 0.25) is 0 Å². The highest BCUT2D eigenvalue weighted by Gasteiger charge is 2.10. The number of unbranched alkanes of at least 4 members (excludes halogenated alkanes) is 1. The predicted octanol–water partition coefficient (Wildman–Crippen LogP) is 4.04. The van der Waals surface area contributed by atoms with E-state index in [1.54, 1.807) is 0 Å². The molecule has 0 fully saturated rings. The van der Waals surface area contributed by atoms with Crippen LogP contribution in [0.2, 0.25) is 0 Å². The van der Waals surface area contributed by atoms with Crippen molar-refractivity contribution in [1.29, 1.82) is 0 Å². The zero-order chi connectivity index (χ0) is 14.2. The van der Waals surface area contributed by atoms with Gasteiger partial charge in [-0.25, -0.2) is 0 Å². The fourth-order valence-electron chi connectivity index (χ4n) is 1.84. The highest BCUT2D eigenvalue weighted by atomic mass is 15.1. The maximum absolute atomic E-state index is 4.06. The van der Waals surface area contributed by atoms with Crippen molar-refractivity contribution in [2.45, 2.75) is 66.3 Å². The van der Waals surface area contributed by atoms with Crippen molar-refractivity contribution in [3.8, 4) is 0 Å². The Morgan fingerprint density at radius 1 is 1.17 bits per heavy atom. The molecule has 0 aliphatic heterocycles. The molecule has 2 heteroatoms. The maximum Gasteiger partial charge on any atom is 0.0201 e. The number of nitrogens with one attached hydrogen (secondary N) is 1. The molecule has 0 saturated heterocycles. The van der Waals surface area contributed by atoms with E-state index in [1.165, 1.54) is 38.0 Å². The van der Waals surface area contributed by atoms with Gasteiger partial charge >= 0.3 is 0 Å². The molecule has 0 aliphatic rings. The van der Waals surface area contributed by atoms with Crippen LogP contribution in [0.15, 0.2) is 12.3 Å². The maximum atomic E-state index is 4.06. The molecule has 0 unspecified atom stereocenters. The Hall–Kier alpha value is -0.500. The summed E-state index contributed by atoms with van der Waals surface area (Å²) in [5.74, 6) is 0. The molecule has 0 rings (SSSR count). The summed E-state index contributed by atoms with van der Waals surface area (Å²) in [6.45, 7) is 17.7. The Kier molecular flexibility index (Phi) is 8.34. The van der Waals surface area contributed by atoms with Crippen LogP contribution in [0.25, 0.3) is 0 Å². The number of hydrogen-bond acceptors (Lipinski definition) is 2. The molecular weight excluding hydrogens is 220 g/mol. The number of hydrogen-bond donors (Lipinski definition) is 1. The van der Waals surface area contributed by atoms with Gasteiger partial charge in [0, 0.05) is 11.7 Å². The van der Waals surface area contributed by atoms with Crippen LogP contribution in [-0.4, -0.2) is 31.1 Å². The lowest BCUT2D eigenvalue weighted by Gasteiger charge is -2.23. The van der Waals surface area contributed by atoms with E-state index in [1.807, 2.05) is 0 Å². The second kappa shape index (κ2) is 8.58. The van der Waals surface area contributed by atoms with Crippen LogP contribution in [0, 0.1) is 5.41 Å². The van der Waals surface area contributed by atoms with E-state index in [2.05, 4.69) is 58.5 Å². The first-order valence-corrected chi connectivity index (χ1v) is 7.33. The first-order chi connectivity index (χ1) is 8.20. The third kappa shape index (κ3) is 12.0. The fraction of sp³-hybridized carbons (Fsp3) is 0.875. The average Bonchev–Trinajstić information content (AvgIpc) is 2.19. The monoisotopic (exact) mass is 254 g/mol. The Bertz CT molecular complexity index is 226. The molecule has 0 aromatic heterocycles. The summed E-state index contributed by atoms with van der Waals surface area (Å²) >= 11 is 0. The van der Waals surface area contributed by atoms with Crippen LogP contribution < -0.4 is 5.32 Å². The van der Waals surface area contributed by atoms with Crippen molar-refractivity contribution < 1.29 is 0 Å². The van der Waals surface area contributed by atoms with Gasteiger partial charge in [0.1, 0.15) is 0 Å². The van der Waals surface area contributed by atoms with Gasteiger partial charge in [0.25, 0.3) is 0 Å².